The van der Waals surface area contributed by atoms with Gasteiger partial charge in [-0.3, -0.25) is 13.9 Å². The van der Waals surface area contributed by atoms with E-state index in [9.17, 15) is 18.0 Å². The molecule has 0 unspecified atom stereocenters. The molecule has 2 heterocycles. The molecule has 1 aliphatic rings. The van der Waals surface area contributed by atoms with Gasteiger partial charge in [0.1, 0.15) is 13.2 Å². The third-order valence-corrected chi connectivity index (χ3v) is 6.98. The molecule has 0 atom stereocenters. The molecule has 0 saturated carbocycles. The first kappa shape index (κ1) is 20.2. The van der Waals surface area contributed by atoms with E-state index in [0.717, 1.165) is 4.31 Å². The monoisotopic (exact) mass is 431 g/mol. The summed E-state index contributed by atoms with van der Waals surface area (Å²) in [6.45, 7) is 0.496. The molecule has 4 rings (SSSR count). The first-order valence-electron chi connectivity index (χ1n) is 9.25. The highest BCUT2D eigenvalue weighted by Crippen LogP contribution is 2.31. The zero-order valence-corrected chi connectivity index (χ0v) is 17.6. The van der Waals surface area contributed by atoms with Gasteiger partial charge in [-0.2, -0.15) is 4.31 Å². The normalized spacial score (nSPS) is 13.7. The Hall–Kier alpha value is -3.11. The van der Waals surface area contributed by atoms with Crippen molar-refractivity contribution in [1.82, 2.24) is 13.4 Å². The number of carbonyl (C=O) groups is 1. The molecule has 3 aromatic rings. The van der Waals surface area contributed by atoms with E-state index in [4.69, 9.17) is 9.47 Å². The van der Waals surface area contributed by atoms with Gasteiger partial charge in [0.2, 0.25) is 10.0 Å². The average molecular weight is 431 g/mol. The predicted octanol–water partition coefficient (Wildman–Crippen LogP) is 1.15. The third-order valence-electron chi connectivity index (χ3n) is 5.18. The third kappa shape index (κ3) is 3.27. The maximum atomic E-state index is 13.0. The fourth-order valence-corrected chi connectivity index (χ4v) is 4.57. The molecule has 1 aliphatic heterocycles. The summed E-state index contributed by atoms with van der Waals surface area (Å²) >= 11 is 0. The maximum Gasteiger partial charge on any atom is 0.328 e. The van der Waals surface area contributed by atoms with Gasteiger partial charge in [0, 0.05) is 26.7 Å². The van der Waals surface area contributed by atoms with E-state index in [1.165, 1.54) is 28.3 Å². The number of benzene rings is 2. The number of hydrogen-bond donors (Lipinski definition) is 0. The second-order valence-corrected chi connectivity index (χ2v) is 9.14. The minimum atomic E-state index is -3.94. The van der Waals surface area contributed by atoms with Crippen molar-refractivity contribution in [3.63, 3.8) is 0 Å². The van der Waals surface area contributed by atoms with Crippen LogP contribution in [0, 0.1) is 0 Å². The Labute approximate surface area is 173 Å². The van der Waals surface area contributed by atoms with Crippen LogP contribution < -0.4 is 15.2 Å². The van der Waals surface area contributed by atoms with Crippen molar-refractivity contribution in [2.75, 3.05) is 26.8 Å². The Bertz CT molecular complexity index is 1320. The van der Waals surface area contributed by atoms with E-state index in [1.807, 2.05) is 0 Å². The summed E-state index contributed by atoms with van der Waals surface area (Å²) in [4.78, 5) is 24.8. The second-order valence-electron chi connectivity index (χ2n) is 7.09. The fraction of sp³-hybridized carbons (Fsp3) is 0.300. The molecule has 0 spiro atoms. The summed E-state index contributed by atoms with van der Waals surface area (Å²) in [5.41, 5.74) is 1.20. The quantitative estimate of drug-likeness (QED) is 0.562. The number of aryl methyl sites for hydroxylation is 2. The lowest BCUT2D eigenvalue weighted by Crippen LogP contribution is -2.32. The van der Waals surface area contributed by atoms with Crippen LogP contribution in [0.5, 0.6) is 11.5 Å². The first-order valence-corrected chi connectivity index (χ1v) is 10.7. The van der Waals surface area contributed by atoms with Gasteiger partial charge in [0.15, 0.2) is 17.3 Å². The molecule has 0 radical (unpaired) electrons. The molecule has 0 aliphatic carbocycles. The number of likely N-dealkylation sites (N-methyl/N-ethyl adjacent to an activating group) is 1. The number of hydrogen-bond acceptors (Lipinski definition) is 6. The van der Waals surface area contributed by atoms with Crippen LogP contribution in [-0.2, 0) is 24.1 Å². The number of ketones is 1. The van der Waals surface area contributed by atoms with Crippen molar-refractivity contribution in [1.29, 1.82) is 0 Å². The lowest BCUT2D eigenvalue weighted by Gasteiger charge is -2.20. The number of sulfonamides is 1. The van der Waals surface area contributed by atoms with Crippen molar-refractivity contribution in [3.05, 3.63) is 52.4 Å². The smallest absolute Gasteiger partial charge is 0.328 e. The zero-order valence-electron chi connectivity index (χ0n) is 16.8. The molecule has 9 nitrogen and oxygen atoms in total. The van der Waals surface area contributed by atoms with Crippen molar-refractivity contribution in [2.45, 2.75) is 4.90 Å². The minimum Gasteiger partial charge on any atom is -0.486 e. The van der Waals surface area contributed by atoms with E-state index in [1.54, 1.807) is 38.4 Å². The Morgan fingerprint density at radius 2 is 1.67 bits per heavy atom. The van der Waals surface area contributed by atoms with Crippen molar-refractivity contribution in [3.8, 4) is 11.5 Å². The molecular formula is C20H21N3O6S. The lowest BCUT2D eigenvalue weighted by molar-refractivity contribution is 0.0971. The van der Waals surface area contributed by atoms with E-state index < -0.39 is 10.0 Å². The topological polar surface area (TPSA) is 99.8 Å². The SMILES string of the molecule is CN(CC(=O)c1ccc2c(c1)OCCO2)S(=O)(=O)c1ccc2c(c1)n(C)c(=O)n2C. The van der Waals surface area contributed by atoms with E-state index >= 15 is 0 Å². The first-order chi connectivity index (χ1) is 14.2. The van der Waals surface area contributed by atoms with Crippen LogP contribution in [0.3, 0.4) is 0 Å². The number of Topliss-reactive ketones (excluding diaryl/α,β-unsaturated/α-hetero) is 1. The van der Waals surface area contributed by atoms with E-state index in [2.05, 4.69) is 0 Å². The van der Waals surface area contributed by atoms with Gasteiger partial charge in [0.05, 0.1) is 22.5 Å². The summed E-state index contributed by atoms with van der Waals surface area (Å²) in [5, 5.41) is 0. The highest BCUT2D eigenvalue weighted by atomic mass is 32.2. The molecule has 30 heavy (non-hydrogen) atoms. The van der Waals surface area contributed by atoms with Gasteiger partial charge < -0.3 is 9.47 Å². The molecule has 2 aromatic carbocycles. The Balaban J connectivity index is 1.60. The van der Waals surface area contributed by atoms with Crippen LogP contribution in [-0.4, -0.2) is 54.4 Å². The molecule has 10 heteroatoms. The highest BCUT2D eigenvalue weighted by Gasteiger charge is 2.25. The van der Waals surface area contributed by atoms with Gasteiger partial charge in [-0.1, -0.05) is 0 Å². The number of aromatic nitrogens is 2. The second kappa shape index (κ2) is 7.29. The van der Waals surface area contributed by atoms with Crippen LogP contribution in [0.15, 0.2) is 46.1 Å². The van der Waals surface area contributed by atoms with Gasteiger partial charge in [-0.15, -0.1) is 0 Å². The number of ether oxygens (including phenoxy) is 2. The highest BCUT2D eigenvalue weighted by molar-refractivity contribution is 7.89. The summed E-state index contributed by atoms with van der Waals surface area (Å²) < 4.78 is 40.8. The number of carbonyl (C=O) groups excluding carboxylic acids is 1. The van der Waals surface area contributed by atoms with E-state index in [0.29, 0.717) is 41.3 Å². The molecule has 0 saturated heterocycles. The Kier molecular flexibility index (Phi) is 4.91. The van der Waals surface area contributed by atoms with Crippen LogP contribution in [0.1, 0.15) is 10.4 Å². The van der Waals surface area contributed by atoms with Crippen molar-refractivity contribution in [2.24, 2.45) is 14.1 Å². The molecule has 158 valence electrons. The Morgan fingerprint density at radius 3 is 2.40 bits per heavy atom. The van der Waals surface area contributed by atoms with Gasteiger partial charge in [0.25, 0.3) is 0 Å². The average Bonchev–Trinajstić information content (AvgIpc) is 2.97. The van der Waals surface area contributed by atoms with Crippen LogP contribution >= 0.6 is 0 Å². The van der Waals surface area contributed by atoms with Crippen molar-refractivity contribution < 1.29 is 22.7 Å². The summed E-state index contributed by atoms with van der Waals surface area (Å²) in [6, 6.07) is 9.24. The van der Waals surface area contributed by atoms with Crippen molar-refractivity contribution >= 4 is 26.8 Å². The van der Waals surface area contributed by atoms with E-state index in [-0.39, 0.29) is 22.9 Å². The zero-order chi connectivity index (χ0) is 21.6. The van der Waals surface area contributed by atoms with Gasteiger partial charge in [-0.05, 0) is 36.4 Å². The molecule has 1 aromatic heterocycles. The maximum absolute atomic E-state index is 13.0. The molecule has 0 bridgehead atoms. The summed E-state index contributed by atoms with van der Waals surface area (Å²) in [7, 11) is 0.609. The summed E-state index contributed by atoms with van der Waals surface area (Å²) in [6.07, 6.45) is 0. The molecule has 0 fully saturated rings. The molecular weight excluding hydrogens is 410 g/mol. The van der Waals surface area contributed by atoms with Crippen LogP contribution in [0.2, 0.25) is 0 Å². The standard InChI is InChI=1S/C20H21N3O6S/c1-21(12-17(24)13-4-7-18-19(10-13)29-9-8-28-18)30(26,27)14-5-6-15-16(11-14)23(3)20(25)22(15)2/h4-7,10-11H,8-9,12H2,1-3H3. The molecule has 0 N–H and O–H groups in total. The van der Waals surface area contributed by atoms with Gasteiger partial charge >= 0.3 is 5.69 Å². The summed E-state index contributed by atoms with van der Waals surface area (Å²) in [5.74, 6) is 0.653. The Morgan fingerprint density at radius 1 is 1.00 bits per heavy atom. The minimum absolute atomic E-state index is 0.00803. The number of nitrogens with zero attached hydrogens (tertiary/aromatic N) is 3. The number of fused-ring (bicyclic) bond motifs is 2. The van der Waals surface area contributed by atoms with Crippen LogP contribution in [0.4, 0.5) is 0 Å². The molecule has 0 amide bonds. The largest absolute Gasteiger partial charge is 0.486 e. The van der Waals surface area contributed by atoms with Gasteiger partial charge in [-0.25, -0.2) is 13.2 Å². The predicted molar refractivity (Wildman–Crippen MR) is 110 cm³/mol. The fourth-order valence-electron chi connectivity index (χ4n) is 3.42. The lowest BCUT2D eigenvalue weighted by atomic mass is 10.1. The van der Waals surface area contributed by atoms with Crippen LogP contribution in [0.25, 0.3) is 11.0 Å². The number of rotatable bonds is 5. The number of imidazole rings is 1.